The Labute approximate surface area is 157 Å². The van der Waals surface area contributed by atoms with E-state index in [-0.39, 0.29) is 36.5 Å². The third kappa shape index (κ3) is 5.32. The molecule has 2 aromatic heterocycles. The van der Waals surface area contributed by atoms with Crippen molar-refractivity contribution in [3.8, 4) is 0 Å². The molecule has 2 heterocycles. The number of amides is 2. The van der Waals surface area contributed by atoms with Gasteiger partial charge in [0.1, 0.15) is 6.10 Å². The summed E-state index contributed by atoms with van der Waals surface area (Å²) >= 11 is 0. The lowest BCUT2D eigenvalue weighted by molar-refractivity contribution is -0.115. The van der Waals surface area contributed by atoms with Crippen molar-refractivity contribution in [3.05, 3.63) is 29.7 Å². The summed E-state index contributed by atoms with van der Waals surface area (Å²) in [6.45, 7) is 3.79. The SMILES string of the molecule is CC(C)NC(=O)O[C@H]1CC[C@@H](c2cc(NC(=O)Cc3cnn(C)c3)n[nH]2)C1. The molecular formula is C18H26N6O3. The maximum Gasteiger partial charge on any atom is 0.407 e. The number of aromatic nitrogens is 4. The number of ether oxygens (including phenoxy) is 1. The Morgan fingerprint density at radius 2 is 2.22 bits per heavy atom. The highest BCUT2D eigenvalue weighted by atomic mass is 16.6. The molecule has 0 saturated heterocycles. The van der Waals surface area contributed by atoms with Crippen molar-refractivity contribution in [2.24, 2.45) is 7.05 Å². The van der Waals surface area contributed by atoms with Crippen molar-refractivity contribution in [2.45, 2.75) is 57.6 Å². The predicted octanol–water partition coefficient (Wildman–Crippen LogP) is 2.10. The second-order valence-electron chi connectivity index (χ2n) is 7.29. The van der Waals surface area contributed by atoms with Gasteiger partial charge in [0.2, 0.25) is 5.91 Å². The van der Waals surface area contributed by atoms with Crippen LogP contribution < -0.4 is 10.6 Å². The fraction of sp³-hybridized carbons (Fsp3) is 0.556. The molecule has 146 valence electrons. The molecule has 27 heavy (non-hydrogen) atoms. The van der Waals surface area contributed by atoms with Gasteiger partial charge in [-0.25, -0.2) is 4.79 Å². The predicted molar refractivity (Wildman–Crippen MR) is 99.3 cm³/mol. The molecule has 0 unspecified atom stereocenters. The van der Waals surface area contributed by atoms with Crippen molar-refractivity contribution < 1.29 is 14.3 Å². The van der Waals surface area contributed by atoms with E-state index in [1.165, 1.54) is 0 Å². The van der Waals surface area contributed by atoms with E-state index < -0.39 is 0 Å². The average molecular weight is 374 g/mol. The fourth-order valence-electron chi connectivity index (χ4n) is 3.30. The van der Waals surface area contributed by atoms with Crippen LogP contribution in [0.2, 0.25) is 0 Å². The molecule has 1 fully saturated rings. The molecule has 2 aromatic rings. The van der Waals surface area contributed by atoms with Crippen LogP contribution in [0.25, 0.3) is 0 Å². The molecule has 2 amide bonds. The molecule has 9 nitrogen and oxygen atoms in total. The lowest BCUT2D eigenvalue weighted by Crippen LogP contribution is -2.33. The Morgan fingerprint density at radius 3 is 2.93 bits per heavy atom. The molecule has 9 heteroatoms. The molecule has 3 rings (SSSR count). The van der Waals surface area contributed by atoms with Gasteiger partial charge in [-0.15, -0.1) is 0 Å². The zero-order valence-electron chi connectivity index (χ0n) is 15.9. The van der Waals surface area contributed by atoms with Gasteiger partial charge in [-0.1, -0.05) is 0 Å². The Bertz CT molecular complexity index is 797. The van der Waals surface area contributed by atoms with E-state index in [1.807, 2.05) is 33.2 Å². The highest BCUT2D eigenvalue weighted by Gasteiger charge is 2.30. The summed E-state index contributed by atoms with van der Waals surface area (Å²) in [5.41, 5.74) is 1.79. The minimum atomic E-state index is -0.372. The molecule has 0 aliphatic heterocycles. The summed E-state index contributed by atoms with van der Waals surface area (Å²) in [7, 11) is 1.81. The number of H-pyrrole nitrogens is 1. The minimum Gasteiger partial charge on any atom is -0.446 e. The number of carbonyl (C=O) groups excluding carboxylic acids is 2. The van der Waals surface area contributed by atoms with E-state index in [0.29, 0.717) is 5.82 Å². The number of aryl methyl sites for hydroxylation is 1. The van der Waals surface area contributed by atoms with E-state index in [4.69, 9.17) is 4.74 Å². The van der Waals surface area contributed by atoms with Crippen LogP contribution in [0.4, 0.5) is 10.6 Å². The van der Waals surface area contributed by atoms with Crippen LogP contribution in [-0.4, -0.2) is 44.1 Å². The van der Waals surface area contributed by atoms with Crippen LogP contribution in [0.15, 0.2) is 18.5 Å². The highest BCUT2D eigenvalue weighted by molar-refractivity contribution is 5.91. The number of nitrogens with one attached hydrogen (secondary N) is 3. The van der Waals surface area contributed by atoms with E-state index in [2.05, 4.69) is 25.9 Å². The second kappa shape index (κ2) is 8.24. The van der Waals surface area contributed by atoms with Gasteiger partial charge in [0.05, 0.1) is 12.6 Å². The van der Waals surface area contributed by atoms with E-state index in [0.717, 1.165) is 30.5 Å². The van der Waals surface area contributed by atoms with Crippen molar-refractivity contribution in [1.82, 2.24) is 25.3 Å². The number of hydrogen-bond donors (Lipinski definition) is 3. The normalized spacial score (nSPS) is 19.3. The highest BCUT2D eigenvalue weighted by Crippen LogP contribution is 2.35. The third-order valence-corrected chi connectivity index (χ3v) is 4.49. The molecule has 0 aromatic carbocycles. The van der Waals surface area contributed by atoms with Crippen LogP contribution in [-0.2, 0) is 23.0 Å². The van der Waals surface area contributed by atoms with Gasteiger partial charge < -0.3 is 15.4 Å². The van der Waals surface area contributed by atoms with Gasteiger partial charge in [-0.2, -0.15) is 10.2 Å². The van der Waals surface area contributed by atoms with E-state index in [1.54, 1.807) is 10.9 Å². The van der Waals surface area contributed by atoms with Gasteiger partial charge in [-0.05, 0) is 38.7 Å². The number of aromatic amines is 1. The Morgan fingerprint density at radius 1 is 1.41 bits per heavy atom. The number of alkyl carbamates (subject to hydrolysis) is 1. The topological polar surface area (TPSA) is 114 Å². The summed E-state index contributed by atoms with van der Waals surface area (Å²) in [4.78, 5) is 23.8. The van der Waals surface area contributed by atoms with E-state index in [9.17, 15) is 9.59 Å². The number of anilines is 1. The van der Waals surface area contributed by atoms with E-state index >= 15 is 0 Å². The molecule has 0 bridgehead atoms. The Balaban J connectivity index is 1.49. The van der Waals surface area contributed by atoms with Crippen LogP contribution in [0, 0.1) is 0 Å². The first-order valence-corrected chi connectivity index (χ1v) is 9.19. The average Bonchev–Trinajstić information content (AvgIpc) is 3.28. The lowest BCUT2D eigenvalue weighted by atomic mass is 10.0. The van der Waals surface area contributed by atoms with Crippen LogP contribution in [0.5, 0.6) is 0 Å². The zero-order chi connectivity index (χ0) is 19.4. The Hall–Kier alpha value is -2.84. The summed E-state index contributed by atoms with van der Waals surface area (Å²) in [5, 5.41) is 16.7. The Kier molecular flexibility index (Phi) is 5.78. The molecule has 3 N–H and O–H groups in total. The standard InChI is InChI=1S/C18H26N6O3/c1-11(2)20-18(26)27-14-5-4-13(7-14)15-8-16(23-22-15)21-17(25)6-12-9-19-24(3)10-12/h8-11,13-14H,4-7H2,1-3H3,(H,20,26)(H2,21,22,23,25)/t13-,14+/m1/s1. The third-order valence-electron chi connectivity index (χ3n) is 4.49. The van der Waals surface area contributed by atoms with Gasteiger partial charge >= 0.3 is 6.09 Å². The number of rotatable bonds is 6. The van der Waals surface area contributed by atoms with Crippen molar-refractivity contribution in [3.63, 3.8) is 0 Å². The summed E-state index contributed by atoms with van der Waals surface area (Å²) in [5.74, 6) is 0.596. The van der Waals surface area contributed by atoms with Gasteiger partial charge in [0, 0.05) is 37.0 Å². The first kappa shape index (κ1) is 18.9. The molecule has 1 aliphatic rings. The first-order valence-electron chi connectivity index (χ1n) is 9.19. The van der Waals surface area contributed by atoms with Crippen LogP contribution >= 0.6 is 0 Å². The maximum atomic E-state index is 12.1. The lowest BCUT2D eigenvalue weighted by Gasteiger charge is -2.14. The van der Waals surface area contributed by atoms with Gasteiger partial charge in [-0.3, -0.25) is 14.6 Å². The van der Waals surface area contributed by atoms with Gasteiger partial charge in [0.15, 0.2) is 5.82 Å². The second-order valence-corrected chi connectivity index (χ2v) is 7.29. The number of hydrogen-bond acceptors (Lipinski definition) is 5. The number of carbonyl (C=O) groups is 2. The van der Waals surface area contributed by atoms with Crippen LogP contribution in [0.3, 0.4) is 0 Å². The van der Waals surface area contributed by atoms with Gasteiger partial charge in [0.25, 0.3) is 0 Å². The largest absolute Gasteiger partial charge is 0.446 e. The van der Waals surface area contributed by atoms with Crippen molar-refractivity contribution in [1.29, 1.82) is 0 Å². The zero-order valence-corrected chi connectivity index (χ0v) is 15.9. The quantitative estimate of drug-likeness (QED) is 0.716. The summed E-state index contributed by atoms with van der Waals surface area (Å²) in [6, 6.07) is 1.91. The minimum absolute atomic E-state index is 0.0557. The summed E-state index contributed by atoms with van der Waals surface area (Å²) in [6.07, 6.45) is 5.73. The summed E-state index contributed by atoms with van der Waals surface area (Å²) < 4.78 is 7.11. The molecule has 1 aliphatic carbocycles. The molecule has 0 spiro atoms. The van der Waals surface area contributed by atoms with Crippen molar-refractivity contribution in [2.75, 3.05) is 5.32 Å². The molecule has 1 saturated carbocycles. The first-order chi connectivity index (χ1) is 12.9. The molecule has 2 atom stereocenters. The monoisotopic (exact) mass is 374 g/mol. The smallest absolute Gasteiger partial charge is 0.407 e. The van der Waals surface area contributed by atoms with Crippen molar-refractivity contribution >= 4 is 17.8 Å². The molecular weight excluding hydrogens is 348 g/mol. The molecule has 0 radical (unpaired) electrons. The van der Waals surface area contributed by atoms with Crippen LogP contribution in [0.1, 0.15) is 50.3 Å². The maximum absolute atomic E-state index is 12.1. The fourth-order valence-corrected chi connectivity index (χ4v) is 3.30. The number of nitrogens with zero attached hydrogens (tertiary/aromatic N) is 3.